The highest BCUT2D eigenvalue weighted by atomic mass is 19.1. The van der Waals surface area contributed by atoms with Crippen molar-refractivity contribution in [2.24, 2.45) is 4.99 Å². The van der Waals surface area contributed by atoms with Gasteiger partial charge in [0.05, 0.1) is 13.7 Å². The molecule has 1 saturated heterocycles. The molecule has 0 aliphatic carbocycles. The Morgan fingerprint density at radius 2 is 1.87 bits per heavy atom. The summed E-state index contributed by atoms with van der Waals surface area (Å²) in [6.07, 6.45) is -0.999. The zero-order valence-corrected chi connectivity index (χ0v) is 18.0. The number of hydrogen-bond acceptors (Lipinski definition) is 4. The largest absolute Gasteiger partial charge is 0.494 e. The van der Waals surface area contributed by atoms with Gasteiger partial charge in [0.1, 0.15) is 11.9 Å². The summed E-state index contributed by atoms with van der Waals surface area (Å²) >= 11 is 0. The molecule has 2 aromatic rings. The average molecular weight is 433 g/mol. The van der Waals surface area contributed by atoms with Gasteiger partial charge in [0.25, 0.3) is 0 Å². The molecule has 1 unspecified atom stereocenters. The Balaban J connectivity index is 1.57. The van der Waals surface area contributed by atoms with E-state index in [1.807, 2.05) is 13.0 Å². The van der Waals surface area contributed by atoms with Crippen molar-refractivity contribution in [1.29, 1.82) is 0 Å². The molecule has 0 amide bonds. The molecule has 6 nitrogen and oxygen atoms in total. The van der Waals surface area contributed by atoms with E-state index >= 15 is 0 Å². The van der Waals surface area contributed by atoms with E-state index < -0.39 is 11.9 Å². The molecule has 0 bridgehead atoms. The van der Waals surface area contributed by atoms with Gasteiger partial charge < -0.3 is 20.1 Å². The summed E-state index contributed by atoms with van der Waals surface area (Å²) in [6, 6.07) is 11.2. The Morgan fingerprint density at radius 3 is 2.52 bits per heavy atom. The van der Waals surface area contributed by atoms with Crippen molar-refractivity contribution < 1.29 is 18.6 Å². The molecule has 1 fully saturated rings. The van der Waals surface area contributed by atoms with Crippen molar-refractivity contribution in [2.45, 2.75) is 19.6 Å². The van der Waals surface area contributed by atoms with Gasteiger partial charge >= 0.3 is 0 Å². The molecule has 8 heteroatoms. The van der Waals surface area contributed by atoms with Crippen LogP contribution in [0, 0.1) is 11.6 Å². The van der Waals surface area contributed by atoms with Crippen LogP contribution in [0.3, 0.4) is 0 Å². The van der Waals surface area contributed by atoms with Gasteiger partial charge in [-0.3, -0.25) is 9.89 Å². The fourth-order valence-electron chi connectivity index (χ4n) is 3.63. The van der Waals surface area contributed by atoms with Crippen molar-refractivity contribution in [3.05, 3.63) is 65.2 Å². The Morgan fingerprint density at radius 1 is 1.13 bits per heavy atom. The van der Waals surface area contributed by atoms with Gasteiger partial charge in [0.2, 0.25) is 0 Å². The van der Waals surface area contributed by atoms with Gasteiger partial charge in [-0.15, -0.1) is 0 Å². The minimum Gasteiger partial charge on any atom is -0.494 e. The molecule has 0 saturated carbocycles. The average Bonchev–Trinajstić information content (AvgIpc) is 2.77. The molecule has 0 spiro atoms. The number of nitrogens with one attached hydrogen (secondary N) is 1. The topological polar surface area (TPSA) is 60.3 Å². The quantitative estimate of drug-likeness (QED) is 0.521. The number of benzene rings is 2. The number of guanidine groups is 1. The van der Waals surface area contributed by atoms with E-state index in [-0.39, 0.29) is 23.7 Å². The van der Waals surface area contributed by atoms with Crippen LogP contribution >= 0.6 is 0 Å². The fraction of sp³-hybridized carbons (Fsp3) is 0.435. The molecule has 1 atom stereocenters. The third kappa shape index (κ3) is 6.15. The normalized spacial score (nSPS) is 16.3. The van der Waals surface area contributed by atoms with Gasteiger partial charge in [-0.25, -0.2) is 8.78 Å². The molecule has 31 heavy (non-hydrogen) atoms. The van der Waals surface area contributed by atoms with Crippen molar-refractivity contribution in [2.75, 3.05) is 46.4 Å². The van der Waals surface area contributed by atoms with Crippen LogP contribution in [-0.2, 0) is 6.54 Å². The maximum absolute atomic E-state index is 13.9. The monoisotopic (exact) mass is 432 g/mol. The van der Waals surface area contributed by atoms with E-state index in [1.54, 1.807) is 24.3 Å². The zero-order chi connectivity index (χ0) is 22.2. The van der Waals surface area contributed by atoms with Crippen LogP contribution in [0.4, 0.5) is 8.78 Å². The second kappa shape index (κ2) is 11.1. The molecule has 168 valence electrons. The molecule has 1 heterocycles. The van der Waals surface area contributed by atoms with Crippen molar-refractivity contribution in [1.82, 2.24) is 15.1 Å². The summed E-state index contributed by atoms with van der Waals surface area (Å²) in [5.41, 5.74) is 1.15. The number of rotatable bonds is 7. The summed E-state index contributed by atoms with van der Waals surface area (Å²) in [6.45, 7) is 6.52. The molecular weight excluding hydrogens is 402 g/mol. The number of aliphatic hydroxyl groups is 1. The first-order chi connectivity index (χ1) is 15.0. The summed E-state index contributed by atoms with van der Waals surface area (Å²) in [5.74, 6) is 0.165. The standard InChI is InChI=1S/C23H30F2N4O2/c1-3-26-23(27-15-21(30)18-6-4-5-7-19(18)24)29-12-10-28(11-13-29)16-17-8-9-22(31-2)20(25)14-17/h4-9,14,21,30H,3,10-13,15-16H2,1-2H3,(H,26,27). The first-order valence-corrected chi connectivity index (χ1v) is 10.5. The first-order valence-electron chi connectivity index (χ1n) is 10.5. The lowest BCUT2D eigenvalue weighted by Gasteiger charge is -2.36. The van der Waals surface area contributed by atoms with Crippen molar-refractivity contribution in [3.63, 3.8) is 0 Å². The Bertz CT molecular complexity index is 886. The number of ether oxygens (including phenoxy) is 1. The predicted molar refractivity (Wildman–Crippen MR) is 117 cm³/mol. The molecule has 2 aromatic carbocycles. The second-order valence-corrected chi connectivity index (χ2v) is 7.46. The van der Waals surface area contributed by atoms with Gasteiger partial charge in [-0.1, -0.05) is 24.3 Å². The van der Waals surface area contributed by atoms with Crippen LogP contribution in [0.5, 0.6) is 5.75 Å². The molecule has 0 radical (unpaired) electrons. The van der Waals surface area contributed by atoms with Crippen LogP contribution in [0.2, 0.25) is 0 Å². The number of aliphatic imine (C=N–C) groups is 1. The third-order valence-corrected chi connectivity index (χ3v) is 5.31. The number of nitrogens with zero attached hydrogens (tertiary/aromatic N) is 3. The van der Waals surface area contributed by atoms with E-state index in [1.165, 1.54) is 19.2 Å². The minimum atomic E-state index is -0.999. The Kier molecular flexibility index (Phi) is 8.20. The molecular formula is C23H30F2N4O2. The van der Waals surface area contributed by atoms with Crippen LogP contribution in [0.15, 0.2) is 47.5 Å². The summed E-state index contributed by atoms with van der Waals surface area (Å²) in [5, 5.41) is 13.6. The van der Waals surface area contributed by atoms with Gasteiger partial charge in [-0.2, -0.15) is 0 Å². The van der Waals surface area contributed by atoms with Gasteiger partial charge in [-0.05, 0) is 30.7 Å². The first kappa shape index (κ1) is 23.0. The number of halogens is 2. The third-order valence-electron chi connectivity index (χ3n) is 5.31. The highest BCUT2D eigenvalue weighted by Crippen LogP contribution is 2.20. The molecule has 2 N–H and O–H groups in total. The predicted octanol–water partition coefficient (Wildman–Crippen LogP) is 2.79. The zero-order valence-electron chi connectivity index (χ0n) is 18.0. The molecule has 0 aromatic heterocycles. The van der Waals surface area contributed by atoms with Crippen LogP contribution in [0.25, 0.3) is 0 Å². The maximum Gasteiger partial charge on any atom is 0.194 e. The minimum absolute atomic E-state index is 0.0780. The number of methoxy groups -OCH3 is 1. The van der Waals surface area contributed by atoms with Crippen molar-refractivity contribution in [3.8, 4) is 5.75 Å². The highest BCUT2D eigenvalue weighted by Gasteiger charge is 2.21. The van der Waals surface area contributed by atoms with E-state index in [0.29, 0.717) is 19.0 Å². The van der Waals surface area contributed by atoms with E-state index in [0.717, 1.165) is 31.7 Å². The number of piperazine rings is 1. The molecule has 1 aliphatic heterocycles. The van der Waals surface area contributed by atoms with Crippen LogP contribution in [0.1, 0.15) is 24.2 Å². The molecule has 1 aliphatic rings. The number of hydrogen-bond donors (Lipinski definition) is 2. The van der Waals surface area contributed by atoms with Crippen molar-refractivity contribution >= 4 is 5.96 Å². The summed E-state index contributed by atoms with van der Waals surface area (Å²) in [4.78, 5) is 8.91. The smallest absolute Gasteiger partial charge is 0.194 e. The fourth-order valence-corrected chi connectivity index (χ4v) is 3.63. The van der Waals surface area contributed by atoms with E-state index in [2.05, 4.69) is 20.1 Å². The van der Waals surface area contributed by atoms with Crippen LogP contribution in [-0.4, -0.2) is 67.2 Å². The van der Waals surface area contributed by atoms with Gasteiger partial charge in [0.15, 0.2) is 17.5 Å². The van der Waals surface area contributed by atoms with Gasteiger partial charge in [0, 0.05) is 44.8 Å². The molecule has 3 rings (SSSR count). The van der Waals surface area contributed by atoms with Crippen LogP contribution < -0.4 is 10.1 Å². The van der Waals surface area contributed by atoms with E-state index in [4.69, 9.17) is 4.74 Å². The summed E-state index contributed by atoms with van der Waals surface area (Å²) in [7, 11) is 1.45. The van der Waals surface area contributed by atoms with E-state index in [9.17, 15) is 13.9 Å². The Labute approximate surface area is 182 Å². The maximum atomic E-state index is 13.9. The summed E-state index contributed by atoms with van der Waals surface area (Å²) < 4.78 is 32.8. The highest BCUT2D eigenvalue weighted by molar-refractivity contribution is 5.80. The lowest BCUT2D eigenvalue weighted by Crippen LogP contribution is -2.52. The second-order valence-electron chi connectivity index (χ2n) is 7.46. The number of aliphatic hydroxyl groups excluding tert-OH is 1. The Hall–Kier alpha value is -2.71. The lowest BCUT2D eigenvalue weighted by atomic mass is 10.1. The lowest BCUT2D eigenvalue weighted by molar-refractivity contribution is 0.168. The SMILES string of the molecule is CCNC(=NCC(O)c1ccccc1F)N1CCN(Cc2ccc(OC)c(F)c2)CC1.